The van der Waals surface area contributed by atoms with Gasteiger partial charge in [0.1, 0.15) is 22.8 Å². The van der Waals surface area contributed by atoms with E-state index in [9.17, 15) is 34.8 Å². The van der Waals surface area contributed by atoms with E-state index >= 15 is 0 Å². The van der Waals surface area contributed by atoms with E-state index in [1.54, 1.807) is 44.4 Å². The van der Waals surface area contributed by atoms with E-state index < -0.39 is 52.0 Å². The number of nitrogens with two attached hydrogens (primary N) is 1. The van der Waals surface area contributed by atoms with Gasteiger partial charge in [-0.1, -0.05) is 23.7 Å². The molecule has 37 heavy (non-hydrogen) atoms. The molecule has 5 rings (SSSR count). The number of amides is 1. The van der Waals surface area contributed by atoms with Crippen molar-refractivity contribution in [3.63, 3.8) is 0 Å². The number of carbonyl (C=O) groups is 3. The number of halogens is 1. The zero-order valence-electron chi connectivity index (χ0n) is 20.1. The summed E-state index contributed by atoms with van der Waals surface area (Å²) >= 11 is 6.01. The molecule has 0 spiro atoms. The van der Waals surface area contributed by atoms with E-state index in [1.165, 1.54) is 0 Å². The number of hydrogen-bond acceptors (Lipinski definition) is 8. The van der Waals surface area contributed by atoms with Crippen molar-refractivity contribution in [3.8, 4) is 16.9 Å². The van der Waals surface area contributed by atoms with Gasteiger partial charge in [-0.2, -0.15) is 0 Å². The SMILES string of the molecule is CN(C)c1cc(-c2ccc(Cl)cc2)c(O)c2c1C[C@H]1C[C@H]3CC(O)=C(C(N)=O)C(=O)[C@@]3(O)C(O)=C1C2=O. The largest absolute Gasteiger partial charge is 0.511 e. The third-order valence-corrected chi connectivity index (χ3v) is 7.93. The van der Waals surface area contributed by atoms with Crippen molar-refractivity contribution >= 4 is 34.8 Å². The number of aliphatic hydroxyl groups is 3. The highest BCUT2D eigenvalue weighted by Crippen LogP contribution is 2.53. The Morgan fingerprint density at radius 2 is 1.76 bits per heavy atom. The Bertz CT molecular complexity index is 1460. The molecule has 9 nitrogen and oxygen atoms in total. The quantitative estimate of drug-likeness (QED) is 0.383. The molecule has 0 radical (unpaired) electrons. The number of aliphatic hydroxyl groups excluding tert-OH is 2. The van der Waals surface area contributed by atoms with Crippen LogP contribution in [0, 0.1) is 11.8 Å². The van der Waals surface area contributed by atoms with Crippen molar-refractivity contribution in [2.75, 3.05) is 19.0 Å². The molecule has 0 heterocycles. The van der Waals surface area contributed by atoms with E-state index in [4.69, 9.17) is 17.3 Å². The zero-order valence-corrected chi connectivity index (χ0v) is 20.8. The topological polar surface area (TPSA) is 161 Å². The van der Waals surface area contributed by atoms with E-state index in [-0.39, 0.29) is 36.1 Å². The number of hydrogen-bond donors (Lipinski definition) is 5. The molecule has 0 saturated carbocycles. The molecule has 0 aromatic heterocycles. The molecule has 1 amide bonds. The number of phenols is 1. The van der Waals surface area contributed by atoms with Crippen LogP contribution in [0.15, 0.2) is 53.0 Å². The van der Waals surface area contributed by atoms with Crippen LogP contribution in [0.2, 0.25) is 5.02 Å². The molecular weight excluding hydrogens is 500 g/mol. The predicted octanol–water partition coefficient (Wildman–Crippen LogP) is 2.97. The third-order valence-electron chi connectivity index (χ3n) is 7.68. The first kappa shape index (κ1) is 24.9. The molecule has 192 valence electrons. The van der Waals surface area contributed by atoms with Crippen molar-refractivity contribution in [1.29, 1.82) is 0 Å². The number of carbonyl (C=O) groups excluding carboxylic acids is 3. The molecule has 2 aromatic carbocycles. The van der Waals surface area contributed by atoms with Gasteiger partial charge in [0.05, 0.1) is 5.56 Å². The van der Waals surface area contributed by atoms with Gasteiger partial charge in [0.2, 0.25) is 5.78 Å². The summed E-state index contributed by atoms with van der Waals surface area (Å²) in [6, 6.07) is 8.49. The summed E-state index contributed by atoms with van der Waals surface area (Å²) in [5.41, 5.74) is 3.85. The van der Waals surface area contributed by atoms with Crippen LogP contribution in [-0.4, -0.2) is 57.6 Å². The second-order valence-electron chi connectivity index (χ2n) is 9.96. The first-order valence-corrected chi connectivity index (χ1v) is 12.0. The Hall–Kier alpha value is -3.82. The van der Waals surface area contributed by atoms with Crippen LogP contribution < -0.4 is 10.6 Å². The van der Waals surface area contributed by atoms with Gasteiger partial charge >= 0.3 is 0 Å². The van der Waals surface area contributed by atoms with Crippen LogP contribution in [0.1, 0.15) is 28.8 Å². The van der Waals surface area contributed by atoms with Gasteiger partial charge in [-0.25, -0.2) is 0 Å². The van der Waals surface area contributed by atoms with E-state index in [1.807, 2.05) is 4.90 Å². The van der Waals surface area contributed by atoms with E-state index in [0.29, 0.717) is 27.4 Å². The lowest BCUT2D eigenvalue weighted by Gasteiger charge is -2.46. The minimum absolute atomic E-state index is 0.0345. The molecule has 10 heteroatoms. The molecule has 3 aliphatic rings. The minimum atomic E-state index is -2.59. The van der Waals surface area contributed by atoms with Crippen LogP contribution in [0.4, 0.5) is 5.69 Å². The maximum Gasteiger partial charge on any atom is 0.255 e. The second kappa shape index (κ2) is 8.36. The Morgan fingerprint density at radius 1 is 1.11 bits per heavy atom. The zero-order chi connectivity index (χ0) is 27.0. The third kappa shape index (κ3) is 3.45. The maximum absolute atomic E-state index is 13.9. The lowest BCUT2D eigenvalue weighted by Crippen LogP contribution is -2.57. The van der Waals surface area contributed by atoms with Gasteiger partial charge in [0.15, 0.2) is 11.4 Å². The highest BCUT2D eigenvalue weighted by Gasteiger charge is 2.59. The number of allylic oxidation sites excluding steroid dienone is 2. The van der Waals surface area contributed by atoms with Gasteiger partial charge < -0.3 is 31.1 Å². The summed E-state index contributed by atoms with van der Waals surface area (Å²) in [7, 11) is 3.61. The second-order valence-corrected chi connectivity index (χ2v) is 10.4. The highest BCUT2D eigenvalue weighted by molar-refractivity contribution is 6.30. The van der Waals surface area contributed by atoms with Crippen LogP contribution in [0.25, 0.3) is 11.1 Å². The number of rotatable bonds is 3. The average Bonchev–Trinajstić information content (AvgIpc) is 2.82. The van der Waals surface area contributed by atoms with Gasteiger partial charge in [0, 0.05) is 48.3 Å². The Kier molecular flexibility index (Phi) is 5.61. The fraction of sp³-hybridized carbons (Fsp3) is 0.296. The van der Waals surface area contributed by atoms with E-state index in [0.717, 1.165) is 0 Å². The summed E-state index contributed by atoms with van der Waals surface area (Å²) in [5, 5.41) is 44.7. The van der Waals surface area contributed by atoms with Crippen molar-refractivity contribution < 1.29 is 34.8 Å². The van der Waals surface area contributed by atoms with Gasteiger partial charge in [-0.3, -0.25) is 14.4 Å². The van der Waals surface area contributed by atoms with Crippen LogP contribution >= 0.6 is 11.6 Å². The van der Waals surface area contributed by atoms with Crippen LogP contribution in [0.5, 0.6) is 5.75 Å². The summed E-state index contributed by atoms with van der Waals surface area (Å²) in [5.74, 6) is -6.50. The minimum Gasteiger partial charge on any atom is -0.511 e. The number of nitrogens with zero attached hydrogens (tertiary/aromatic N) is 1. The lowest BCUT2D eigenvalue weighted by molar-refractivity contribution is -0.144. The monoisotopic (exact) mass is 524 g/mol. The van der Waals surface area contributed by atoms with Crippen molar-refractivity contribution in [3.05, 3.63) is 69.1 Å². The normalized spacial score (nSPS) is 25.0. The first-order valence-electron chi connectivity index (χ1n) is 11.7. The summed E-state index contributed by atoms with van der Waals surface area (Å²) < 4.78 is 0. The van der Waals surface area contributed by atoms with Gasteiger partial charge in [0.25, 0.3) is 5.91 Å². The number of phenolic OH excluding ortho intramolecular Hbond substituents is 1. The van der Waals surface area contributed by atoms with Crippen molar-refractivity contribution in [2.24, 2.45) is 17.6 Å². The Labute approximate surface area is 217 Å². The average molecular weight is 525 g/mol. The molecule has 0 bridgehead atoms. The fourth-order valence-electron chi connectivity index (χ4n) is 5.92. The molecule has 0 fully saturated rings. The summed E-state index contributed by atoms with van der Waals surface area (Å²) in [4.78, 5) is 40.6. The lowest BCUT2D eigenvalue weighted by atomic mass is 9.60. The number of anilines is 1. The Balaban J connectivity index is 1.72. The number of Topliss-reactive ketones (excluding diaryl/α,β-unsaturated/α-hetero) is 2. The van der Waals surface area contributed by atoms with Gasteiger partial charge in [-0.05, 0) is 48.1 Å². The molecule has 0 saturated heterocycles. The van der Waals surface area contributed by atoms with Crippen molar-refractivity contribution in [1.82, 2.24) is 0 Å². The smallest absolute Gasteiger partial charge is 0.255 e. The molecule has 0 unspecified atom stereocenters. The number of benzene rings is 2. The summed E-state index contributed by atoms with van der Waals surface area (Å²) in [6.07, 6.45) is 0.0442. The fourth-order valence-corrected chi connectivity index (χ4v) is 6.04. The van der Waals surface area contributed by atoms with Crippen LogP contribution in [-0.2, 0) is 16.0 Å². The molecule has 0 aliphatic heterocycles. The van der Waals surface area contributed by atoms with Crippen molar-refractivity contribution in [2.45, 2.75) is 24.9 Å². The highest BCUT2D eigenvalue weighted by atomic mass is 35.5. The maximum atomic E-state index is 13.9. The predicted molar refractivity (Wildman–Crippen MR) is 136 cm³/mol. The number of fused-ring (bicyclic) bond motifs is 3. The molecule has 3 atom stereocenters. The number of aromatic hydroxyl groups is 1. The standard InChI is InChI=1S/C27H25ClN2O7/c1-30(2)17-10-15(11-3-5-14(28)6-4-11)22(32)20-16(17)8-12-7-13-9-18(31)21(26(29)36)25(35)27(13,37)24(34)19(12)23(20)33/h3-6,10,12-13,31-32,34,37H,7-9H2,1-2H3,(H2,29,36)/t12-,13+,27+/m1/s1. The Morgan fingerprint density at radius 3 is 2.35 bits per heavy atom. The van der Waals surface area contributed by atoms with E-state index in [2.05, 4.69) is 0 Å². The molecular formula is C27H25ClN2O7. The first-order chi connectivity index (χ1) is 17.4. The van der Waals surface area contributed by atoms with Gasteiger partial charge in [-0.15, -0.1) is 0 Å². The number of primary amides is 1. The van der Waals surface area contributed by atoms with Crippen LogP contribution in [0.3, 0.4) is 0 Å². The molecule has 3 aliphatic carbocycles. The molecule has 2 aromatic rings. The summed E-state index contributed by atoms with van der Waals surface area (Å²) in [6.45, 7) is 0. The number of ketones is 2. The molecule has 6 N–H and O–H groups in total.